The van der Waals surface area contributed by atoms with E-state index in [4.69, 9.17) is 17.0 Å². The summed E-state index contributed by atoms with van der Waals surface area (Å²) in [5.41, 5.74) is 4.17. The Bertz CT molecular complexity index is 1760. The average molecular weight is 683 g/mol. The van der Waals surface area contributed by atoms with Crippen LogP contribution in [0.25, 0.3) is 17.1 Å². The summed E-state index contributed by atoms with van der Waals surface area (Å²) in [7, 11) is 1.60. The number of aliphatic imine (C=N–C) groups is 1. The van der Waals surface area contributed by atoms with Crippen LogP contribution in [-0.4, -0.2) is 56.7 Å². The quantitative estimate of drug-likeness (QED) is 0.176. The summed E-state index contributed by atoms with van der Waals surface area (Å²) in [6.07, 6.45) is -2.46. The molecule has 1 aliphatic rings. The molecule has 1 atom stereocenters. The first kappa shape index (κ1) is 33.9. The van der Waals surface area contributed by atoms with Crippen molar-refractivity contribution >= 4 is 45.9 Å². The molecule has 0 saturated carbocycles. The minimum absolute atomic E-state index is 0.0592. The number of ether oxygens (including phenoxy) is 2. The van der Waals surface area contributed by atoms with Gasteiger partial charge in [0.25, 0.3) is 0 Å². The second-order valence-electron chi connectivity index (χ2n) is 11.3. The number of carbonyl (C=O) groups is 1. The number of aromatic nitrogens is 3. The number of amides is 1. The summed E-state index contributed by atoms with van der Waals surface area (Å²) >= 11 is 6.91. The Kier molecular flexibility index (Phi) is 10.5. The van der Waals surface area contributed by atoms with Crippen LogP contribution in [0.5, 0.6) is 11.5 Å². The van der Waals surface area contributed by atoms with Gasteiger partial charge in [-0.2, -0.15) is 4.99 Å². The fraction of sp³-hybridized carbons (Fsp3) is 0.303. The van der Waals surface area contributed by atoms with Crippen molar-refractivity contribution < 1.29 is 27.4 Å². The topological polar surface area (TPSA) is 93.9 Å². The zero-order valence-electron chi connectivity index (χ0n) is 26.1. The largest absolute Gasteiger partial charge is 0.573 e. The molecule has 1 saturated heterocycles. The number of alkyl halides is 3. The number of hydrogen-bond acceptors (Lipinski definition) is 7. The van der Waals surface area contributed by atoms with Gasteiger partial charge in [-0.3, -0.25) is 9.69 Å². The standard InChI is InChI=1S/C33H33F3N6O3S2/c1-20(2)15-24-9-12-27(44-4)16-28(24)42-29(43)18-47-32(42)39-31(46)37-17-21(3)22-5-7-23(8-6-22)30-38-19-41(40-30)25-10-13-26(14-11-25)45-33(34,35)36/h5-14,16,19-21H,15,17-18H2,1-4H3,(H,37,46). The molecule has 1 aromatic heterocycles. The number of methoxy groups -OCH3 is 1. The van der Waals surface area contributed by atoms with Crippen LogP contribution in [0.1, 0.15) is 37.8 Å². The van der Waals surface area contributed by atoms with Gasteiger partial charge in [0.05, 0.1) is 24.2 Å². The number of hydrogen-bond donors (Lipinski definition) is 1. The molecule has 0 spiro atoms. The molecule has 2 heterocycles. The van der Waals surface area contributed by atoms with E-state index in [0.717, 1.165) is 28.8 Å². The van der Waals surface area contributed by atoms with Crippen molar-refractivity contribution in [1.29, 1.82) is 0 Å². The third-order valence-corrected chi connectivity index (χ3v) is 8.41. The van der Waals surface area contributed by atoms with Crippen molar-refractivity contribution in [3.63, 3.8) is 0 Å². The first-order valence-corrected chi connectivity index (χ1v) is 16.2. The van der Waals surface area contributed by atoms with E-state index in [-0.39, 0.29) is 28.4 Å². The van der Waals surface area contributed by atoms with Crippen LogP contribution in [0, 0.1) is 5.92 Å². The molecule has 1 N–H and O–H groups in total. The normalized spacial score (nSPS) is 14.9. The van der Waals surface area contributed by atoms with Crippen molar-refractivity contribution in [2.24, 2.45) is 10.9 Å². The van der Waals surface area contributed by atoms with Gasteiger partial charge in [-0.05, 0) is 71.9 Å². The maximum absolute atomic E-state index is 13.0. The van der Waals surface area contributed by atoms with E-state index >= 15 is 0 Å². The highest BCUT2D eigenvalue weighted by Crippen LogP contribution is 2.34. The number of halogens is 3. The Morgan fingerprint density at radius 1 is 1.06 bits per heavy atom. The van der Waals surface area contributed by atoms with E-state index in [2.05, 4.69) is 45.9 Å². The van der Waals surface area contributed by atoms with Gasteiger partial charge in [-0.1, -0.05) is 62.9 Å². The fourth-order valence-corrected chi connectivity index (χ4v) is 6.03. The molecule has 3 aromatic carbocycles. The summed E-state index contributed by atoms with van der Waals surface area (Å²) in [5.74, 6) is 1.51. The number of nitrogens with one attached hydrogen (secondary N) is 1. The summed E-state index contributed by atoms with van der Waals surface area (Å²) in [4.78, 5) is 23.6. The van der Waals surface area contributed by atoms with Gasteiger partial charge in [-0.25, -0.2) is 9.67 Å². The van der Waals surface area contributed by atoms with Crippen LogP contribution in [0.2, 0.25) is 0 Å². The lowest BCUT2D eigenvalue weighted by Gasteiger charge is -2.22. The predicted octanol–water partition coefficient (Wildman–Crippen LogP) is 7.15. The van der Waals surface area contributed by atoms with E-state index in [9.17, 15) is 18.0 Å². The number of thioether (sulfide) groups is 1. The molecule has 0 aliphatic carbocycles. The molecular formula is C33H33F3N6O3S2. The van der Waals surface area contributed by atoms with Crippen molar-refractivity contribution in [2.75, 3.05) is 24.3 Å². The Morgan fingerprint density at radius 2 is 1.77 bits per heavy atom. The van der Waals surface area contributed by atoms with E-state index in [1.807, 2.05) is 42.5 Å². The number of benzene rings is 3. The molecule has 1 amide bonds. The number of nitrogens with zero attached hydrogens (tertiary/aromatic N) is 5. The molecule has 1 aliphatic heterocycles. The third-order valence-electron chi connectivity index (χ3n) is 7.25. The van der Waals surface area contributed by atoms with Crippen LogP contribution < -0.4 is 19.7 Å². The Hall–Kier alpha value is -4.43. The van der Waals surface area contributed by atoms with Crippen molar-refractivity contribution in [2.45, 2.75) is 39.5 Å². The number of thiocarbonyl (C=S) groups is 1. The van der Waals surface area contributed by atoms with Crippen molar-refractivity contribution in [1.82, 2.24) is 20.1 Å². The van der Waals surface area contributed by atoms with E-state index in [1.54, 1.807) is 12.0 Å². The highest BCUT2D eigenvalue weighted by molar-refractivity contribution is 8.15. The zero-order chi connectivity index (χ0) is 33.7. The van der Waals surface area contributed by atoms with Gasteiger partial charge < -0.3 is 14.8 Å². The number of rotatable bonds is 10. The maximum atomic E-state index is 13.0. The lowest BCUT2D eigenvalue weighted by Crippen LogP contribution is -2.32. The molecule has 14 heteroatoms. The number of carbonyl (C=O) groups excluding carboxylic acids is 1. The molecule has 246 valence electrons. The monoisotopic (exact) mass is 682 g/mol. The molecule has 9 nitrogen and oxygen atoms in total. The van der Waals surface area contributed by atoms with Gasteiger partial charge >= 0.3 is 6.36 Å². The molecule has 47 heavy (non-hydrogen) atoms. The highest BCUT2D eigenvalue weighted by atomic mass is 32.2. The highest BCUT2D eigenvalue weighted by Gasteiger charge is 2.32. The maximum Gasteiger partial charge on any atom is 0.573 e. The number of anilines is 1. The molecule has 0 radical (unpaired) electrons. The fourth-order valence-electron chi connectivity index (χ4n) is 4.94. The second-order valence-corrected chi connectivity index (χ2v) is 12.6. The zero-order valence-corrected chi connectivity index (χ0v) is 27.7. The van der Waals surface area contributed by atoms with Crippen LogP contribution in [0.4, 0.5) is 18.9 Å². The van der Waals surface area contributed by atoms with Gasteiger partial charge in [0.15, 0.2) is 16.1 Å². The molecule has 1 fully saturated rings. The smallest absolute Gasteiger partial charge is 0.497 e. The predicted molar refractivity (Wildman–Crippen MR) is 181 cm³/mol. The van der Waals surface area contributed by atoms with Crippen LogP contribution in [0.3, 0.4) is 0 Å². The van der Waals surface area contributed by atoms with Gasteiger partial charge in [-0.15, -0.1) is 18.3 Å². The molecule has 4 aromatic rings. The summed E-state index contributed by atoms with van der Waals surface area (Å²) in [6.45, 7) is 6.85. The molecular weight excluding hydrogens is 650 g/mol. The average Bonchev–Trinajstić information content (AvgIpc) is 3.66. The summed E-state index contributed by atoms with van der Waals surface area (Å²) < 4.78 is 48.2. The van der Waals surface area contributed by atoms with Gasteiger partial charge in [0, 0.05) is 18.2 Å². The first-order valence-electron chi connectivity index (χ1n) is 14.8. The van der Waals surface area contributed by atoms with Crippen LogP contribution in [0.15, 0.2) is 78.0 Å². The Morgan fingerprint density at radius 3 is 2.43 bits per heavy atom. The molecule has 1 unspecified atom stereocenters. The summed E-state index contributed by atoms with van der Waals surface area (Å²) in [6, 6.07) is 18.9. The van der Waals surface area contributed by atoms with E-state index in [0.29, 0.717) is 34.9 Å². The van der Waals surface area contributed by atoms with Gasteiger partial charge in [0.2, 0.25) is 5.91 Å². The van der Waals surface area contributed by atoms with Crippen molar-refractivity contribution in [3.05, 3.63) is 84.2 Å². The summed E-state index contributed by atoms with van der Waals surface area (Å²) in [5, 5.41) is 8.49. The van der Waals surface area contributed by atoms with Crippen LogP contribution in [-0.2, 0) is 11.2 Å². The van der Waals surface area contributed by atoms with E-state index < -0.39 is 6.36 Å². The minimum Gasteiger partial charge on any atom is -0.497 e. The van der Waals surface area contributed by atoms with E-state index in [1.165, 1.54) is 47.0 Å². The third kappa shape index (κ3) is 8.69. The lowest BCUT2D eigenvalue weighted by atomic mass is 10.00. The minimum atomic E-state index is -4.75. The lowest BCUT2D eigenvalue weighted by molar-refractivity contribution is -0.274. The van der Waals surface area contributed by atoms with Crippen molar-refractivity contribution in [3.8, 4) is 28.6 Å². The SMILES string of the molecule is COc1ccc(CC(C)C)c(N2C(=O)CSC2=NC(=S)NCC(C)c2ccc(-c3ncn(-c4ccc(OC(F)(F)F)cc4)n3)cc2)c1. The first-order chi connectivity index (χ1) is 22.4. The van der Waals surface area contributed by atoms with Crippen LogP contribution >= 0.6 is 24.0 Å². The second kappa shape index (κ2) is 14.6. The Balaban J connectivity index is 1.21. The molecule has 0 bridgehead atoms. The number of amidine groups is 1. The van der Waals surface area contributed by atoms with Gasteiger partial charge in [0.1, 0.15) is 17.8 Å². The Labute approximate surface area is 280 Å². The molecule has 5 rings (SSSR count).